The van der Waals surface area contributed by atoms with E-state index in [1.807, 2.05) is 72.2 Å². The molecule has 0 spiro atoms. The molecule has 0 radical (unpaired) electrons. The van der Waals surface area contributed by atoms with Gasteiger partial charge in [-0.15, -0.1) is 11.3 Å². The van der Waals surface area contributed by atoms with Crippen molar-refractivity contribution in [3.05, 3.63) is 94.5 Å². The highest BCUT2D eigenvalue weighted by molar-refractivity contribution is 7.16. The van der Waals surface area contributed by atoms with Crippen molar-refractivity contribution in [2.45, 2.75) is 32.9 Å². The van der Waals surface area contributed by atoms with Crippen LogP contribution in [0.3, 0.4) is 0 Å². The number of carbonyl (C=O) groups is 2. The van der Waals surface area contributed by atoms with E-state index in [1.165, 1.54) is 5.56 Å². The van der Waals surface area contributed by atoms with Gasteiger partial charge in [0.25, 0.3) is 11.8 Å². The van der Waals surface area contributed by atoms with Crippen LogP contribution in [-0.2, 0) is 0 Å². The number of thiophene rings is 1. The predicted molar refractivity (Wildman–Crippen MR) is 138 cm³/mol. The van der Waals surface area contributed by atoms with E-state index in [0.29, 0.717) is 25.3 Å². The molecular weight excluding hydrogens is 442 g/mol. The molecule has 0 saturated carbocycles. The number of hydrogen-bond donors (Lipinski definition) is 0. The first-order valence-corrected chi connectivity index (χ1v) is 12.6. The number of aromatic nitrogens is 1. The minimum Gasteiger partial charge on any atom is -0.334 e. The average Bonchev–Trinajstić information content (AvgIpc) is 3.45. The van der Waals surface area contributed by atoms with Gasteiger partial charge in [-0.25, -0.2) is 0 Å². The number of nitrogens with zero attached hydrogens (tertiary/aromatic N) is 3. The van der Waals surface area contributed by atoms with Crippen LogP contribution >= 0.6 is 11.3 Å². The SMILES string of the molecule is Cc1ccccc1C(=O)N1CCN(C(=O)c2cc3ccsc3n2[C@@H](C)c2ccccc2)C[C@@H]1C. The monoisotopic (exact) mass is 471 g/mol. The lowest BCUT2D eigenvalue weighted by Crippen LogP contribution is -2.55. The maximum Gasteiger partial charge on any atom is 0.270 e. The molecule has 5 rings (SSSR count). The number of amides is 2. The smallest absolute Gasteiger partial charge is 0.270 e. The molecule has 2 aromatic heterocycles. The van der Waals surface area contributed by atoms with E-state index < -0.39 is 0 Å². The Morgan fingerprint density at radius 3 is 2.44 bits per heavy atom. The van der Waals surface area contributed by atoms with Crippen LogP contribution in [0.15, 0.2) is 72.1 Å². The third-order valence-corrected chi connectivity index (χ3v) is 7.81. The lowest BCUT2D eigenvalue weighted by molar-refractivity contribution is 0.0408. The van der Waals surface area contributed by atoms with Gasteiger partial charge in [0.05, 0.1) is 6.04 Å². The fourth-order valence-corrected chi connectivity index (χ4v) is 5.92. The van der Waals surface area contributed by atoms with Crippen LogP contribution in [0.25, 0.3) is 10.2 Å². The summed E-state index contributed by atoms with van der Waals surface area (Å²) < 4.78 is 2.17. The molecule has 1 aliphatic heterocycles. The van der Waals surface area contributed by atoms with Gasteiger partial charge < -0.3 is 14.4 Å². The third kappa shape index (κ3) is 3.92. The van der Waals surface area contributed by atoms with Gasteiger partial charge in [0.2, 0.25) is 0 Å². The summed E-state index contributed by atoms with van der Waals surface area (Å²) in [5, 5.41) is 3.17. The molecule has 2 amide bonds. The van der Waals surface area contributed by atoms with Gasteiger partial charge in [0.15, 0.2) is 0 Å². The number of carbonyl (C=O) groups excluding carboxylic acids is 2. The van der Waals surface area contributed by atoms with Crippen LogP contribution in [0.1, 0.15) is 51.9 Å². The fraction of sp³-hybridized carbons (Fsp3) is 0.286. The second-order valence-electron chi connectivity index (χ2n) is 9.08. The summed E-state index contributed by atoms with van der Waals surface area (Å²) in [4.78, 5) is 31.9. The molecule has 1 fully saturated rings. The van der Waals surface area contributed by atoms with Gasteiger partial charge in [-0.3, -0.25) is 9.59 Å². The minimum atomic E-state index is -0.0547. The topological polar surface area (TPSA) is 45.6 Å². The summed E-state index contributed by atoms with van der Waals surface area (Å²) in [5.41, 5.74) is 3.60. The second kappa shape index (κ2) is 9.11. The standard InChI is InChI=1S/C28H29N3O2S/c1-19-9-7-8-12-24(19)26(32)30-15-14-29(18-20(30)2)27(33)25-17-23-13-16-34-28(23)31(25)21(3)22-10-5-4-6-11-22/h4-13,16-17,20-21H,14-15,18H2,1-3H3/t20-,21-/m0/s1. The van der Waals surface area contributed by atoms with Crippen molar-refractivity contribution in [3.63, 3.8) is 0 Å². The molecule has 6 heteroatoms. The molecule has 3 heterocycles. The first kappa shape index (κ1) is 22.4. The molecule has 1 aliphatic rings. The molecule has 0 aliphatic carbocycles. The zero-order valence-corrected chi connectivity index (χ0v) is 20.6. The van der Waals surface area contributed by atoms with Crippen LogP contribution < -0.4 is 0 Å². The van der Waals surface area contributed by atoms with Crippen LogP contribution in [0.5, 0.6) is 0 Å². The van der Waals surface area contributed by atoms with Gasteiger partial charge in [-0.2, -0.15) is 0 Å². The average molecular weight is 472 g/mol. The van der Waals surface area contributed by atoms with Crippen molar-refractivity contribution in [1.82, 2.24) is 14.4 Å². The van der Waals surface area contributed by atoms with E-state index in [1.54, 1.807) is 11.3 Å². The van der Waals surface area contributed by atoms with E-state index in [-0.39, 0.29) is 23.9 Å². The molecule has 2 aromatic carbocycles. The molecule has 0 N–H and O–H groups in total. The van der Waals surface area contributed by atoms with Crippen molar-refractivity contribution in [1.29, 1.82) is 0 Å². The van der Waals surface area contributed by atoms with Gasteiger partial charge in [-0.1, -0.05) is 48.5 Å². The highest BCUT2D eigenvalue weighted by Crippen LogP contribution is 2.32. The highest BCUT2D eigenvalue weighted by atomic mass is 32.1. The summed E-state index contributed by atoms with van der Waals surface area (Å²) in [7, 11) is 0. The Kier molecular flexibility index (Phi) is 6.00. The Bertz CT molecular complexity index is 1340. The van der Waals surface area contributed by atoms with Crippen molar-refractivity contribution in [2.24, 2.45) is 0 Å². The second-order valence-corrected chi connectivity index (χ2v) is 9.98. The first-order chi connectivity index (χ1) is 16.5. The molecule has 174 valence electrons. The van der Waals surface area contributed by atoms with Gasteiger partial charge in [-0.05, 0) is 55.5 Å². The van der Waals surface area contributed by atoms with Gasteiger partial charge >= 0.3 is 0 Å². The zero-order chi connectivity index (χ0) is 23.8. The van der Waals surface area contributed by atoms with Crippen molar-refractivity contribution < 1.29 is 9.59 Å². The van der Waals surface area contributed by atoms with Crippen LogP contribution in [0, 0.1) is 6.92 Å². The Balaban J connectivity index is 1.40. The maximum absolute atomic E-state index is 13.8. The summed E-state index contributed by atoms with van der Waals surface area (Å²) in [5.74, 6) is 0.0697. The largest absolute Gasteiger partial charge is 0.334 e. The van der Waals surface area contributed by atoms with Crippen molar-refractivity contribution >= 4 is 33.4 Å². The number of piperazine rings is 1. The number of rotatable bonds is 4. The Morgan fingerprint density at radius 2 is 1.71 bits per heavy atom. The van der Waals surface area contributed by atoms with Crippen molar-refractivity contribution in [2.75, 3.05) is 19.6 Å². The molecule has 1 saturated heterocycles. The highest BCUT2D eigenvalue weighted by Gasteiger charge is 2.33. The molecule has 2 atom stereocenters. The number of benzene rings is 2. The van der Waals surface area contributed by atoms with Crippen LogP contribution in [0.4, 0.5) is 0 Å². The molecule has 5 nitrogen and oxygen atoms in total. The molecule has 34 heavy (non-hydrogen) atoms. The van der Waals surface area contributed by atoms with E-state index in [0.717, 1.165) is 21.3 Å². The predicted octanol–water partition coefficient (Wildman–Crippen LogP) is 5.61. The molecule has 0 unspecified atom stereocenters. The maximum atomic E-state index is 13.8. The summed E-state index contributed by atoms with van der Waals surface area (Å²) in [6.45, 7) is 7.72. The van der Waals surface area contributed by atoms with Gasteiger partial charge in [0.1, 0.15) is 10.5 Å². The number of fused-ring (bicyclic) bond motifs is 1. The Morgan fingerprint density at radius 1 is 0.971 bits per heavy atom. The molecule has 4 aromatic rings. The minimum absolute atomic E-state index is 0.0287. The quantitative estimate of drug-likeness (QED) is 0.389. The van der Waals surface area contributed by atoms with Crippen LogP contribution in [0.2, 0.25) is 0 Å². The Hall–Kier alpha value is -3.38. The first-order valence-electron chi connectivity index (χ1n) is 11.7. The van der Waals surface area contributed by atoms with E-state index >= 15 is 0 Å². The molecular formula is C28H29N3O2S. The normalized spacial score (nSPS) is 17.2. The third-order valence-electron chi connectivity index (χ3n) is 6.88. The summed E-state index contributed by atoms with van der Waals surface area (Å²) in [6, 6.07) is 22.1. The Labute approximate surface area is 204 Å². The summed E-state index contributed by atoms with van der Waals surface area (Å²) >= 11 is 1.66. The lowest BCUT2D eigenvalue weighted by atomic mass is 10.1. The van der Waals surface area contributed by atoms with E-state index in [4.69, 9.17) is 0 Å². The van der Waals surface area contributed by atoms with E-state index in [9.17, 15) is 9.59 Å². The fourth-order valence-electron chi connectivity index (χ4n) is 4.95. The lowest BCUT2D eigenvalue weighted by Gasteiger charge is -2.40. The van der Waals surface area contributed by atoms with E-state index in [2.05, 4.69) is 35.1 Å². The zero-order valence-electron chi connectivity index (χ0n) is 19.8. The number of aryl methyl sites for hydroxylation is 1. The van der Waals surface area contributed by atoms with Gasteiger partial charge in [0, 0.05) is 36.6 Å². The summed E-state index contributed by atoms with van der Waals surface area (Å²) in [6.07, 6.45) is 0. The van der Waals surface area contributed by atoms with Crippen LogP contribution in [-0.4, -0.2) is 51.9 Å². The number of hydrogen-bond acceptors (Lipinski definition) is 3. The van der Waals surface area contributed by atoms with Crippen molar-refractivity contribution in [3.8, 4) is 0 Å². The molecule has 0 bridgehead atoms.